The van der Waals surface area contributed by atoms with Crippen LogP contribution in [0.5, 0.6) is 11.5 Å². The van der Waals surface area contributed by atoms with E-state index in [-0.39, 0.29) is 22.7 Å². The van der Waals surface area contributed by atoms with Gasteiger partial charge in [-0.2, -0.15) is 0 Å². The average molecular weight is 253 g/mol. The Morgan fingerprint density at radius 2 is 2.11 bits per heavy atom. The van der Waals surface area contributed by atoms with E-state index in [0.29, 0.717) is 19.6 Å². The molecule has 7 nitrogen and oxygen atoms in total. The van der Waals surface area contributed by atoms with E-state index >= 15 is 0 Å². The highest BCUT2D eigenvalue weighted by atomic mass is 16.6. The normalized spacial score (nSPS) is 13.6. The van der Waals surface area contributed by atoms with Crippen molar-refractivity contribution in [1.29, 1.82) is 0 Å². The third-order valence-electron chi connectivity index (χ3n) is 2.45. The highest BCUT2D eigenvalue weighted by Crippen LogP contribution is 2.37. The molecular weight excluding hydrogens is 242 g/mol. The fraction of sp³-hybridized carbons (Fsp3) is 0.364. The maximum Gasteiger partial charge on any atom is 0.342 e. The molecule has 18 heavy (non-hydrogen) atoms. The first-order valence-electron chi connectivity index (χ1n) is 5.30. The molecule has 2 rings (SSSR count). The van der Waals surface area contributed by atoms with Gasteiger partial charge in [0.25, 0.3) is 5.69 Å². The molecule has 1 heterocycles. The summed E-state index contributed by atoms with van der Waals surface area (Å²) in [5.41, 5.74) is -0.233. The van der Waals surface area contributed by atoms with Crippen LogP contribution in [0.3, 0.4) is 0 Å². The van der Waals surface area contributed by atoms with Gasteiger partial charge in [0.1, 0.15) is 5.56 Å². The number of carbonyl (C=O) groups is 1. The van der Waals surface area contributed by atoms with Crippen molar-refractivity contribution in [2.75, 3.05) is 20.3 Å². The molecule has 0 radical (unpaired) electrons. The van der Waals surface area contributed by atoms with Crippen LogP contribution in [0.2, 0.25) is 0 Å². The lowest BCUT2D eigenvalue weighted by molar-refractivity contribution is -0.385. The van der Waals surface area contributed by atoms with Gasteiger partial charge < -0.3 is 14.2 Å². The van der Waals surface area contributed by atoms with Gasteiger partial charge in [-0.05, 0) is 0 Å². The molecule has 0 saturated heterocycles. The zero-order valence-corrected chi connectivity index (χ0v) is 9.67. The fourth-order valence-corrected chi connectivity index (χ4v) is 1.63. The number of nitro groups is 1. The Labute approximate surface area is 102 Å². The zero-order valence-electron chi connectivity index (χ0n) is 9.67. The Bertz CT molecular complexity index is 499. The molecule has 7 heteroatoms. The lowest BCUT2D eigenvalue weighted by Crippen LogP contribution is -2.07. The summed E-state index contributed by atoms with van der Waals surface area (Å²) in [6.07, 6.45) is 0.642. The SMILES string of the molecule is COC(=O)c1cc([N+](=O)[O-])cc2c1OCCCO2. The minimum Gasteiger partial charge on any atom is -0.489 e. The second-order valence-corrected chi connectivity index (χ2v) is 3.62. The number of nitrogens with zero attached hydrogens (tertiary/aromatic N) is 1. The minimum absolute atomic E-state index is 0.00333. The van der Waals surface area contributed by atoms with Crippen LogP contribution in [-0.2, 0) is 4.74 Å². The lowest BCUT2D eigenvalue weighted by Gasteiger charge is -2.10. The maximum atomic E-state index is 11.6. The summed E-state index contributed by atoms with van der Waals surface area (Å²) >= 11 is 0. The molecule has 0 spiro atoms. The van der Waals surface area contributed by atoms with Crippen molar-refractivity contribution >= 4 is 11.7 Å². The monoisotopic (exact) mass is 253 g/mol. The average Bonchev–Trinajstić information content (AvgIpc) is 2.61. The van der Waals surface area contributed by atoms with Crippen LogP contribution >= 0.6 is 0 Å². The molecule has 0 amide bonds. The first-order chi connectivity index (χ1) is 8.63. The molecular formula is C11H11NO6. The summed E-state index contributed by atoms with van der Waals surface area (Å²) in [6.45, 7) is 0.767. The summed E-state index contributed by atoms with van der Waals surface area (Å²) in [4.78, 5) is 21.8. The van der Waals surface area contributed by atoms with Crippen molar-refractivity contribution in [1.82, 2.24) is 0 Å². The van der Waals surface area contributed by atoms with Gasteiger partial charge in [0.2, 0.25) is 0 Å². The van der Waals surface area contributed by atoms with Crippen LogP contribution in [0, 0.1) is 10.1 Å². The van der Waals surface area contributed by atoms with Crippen LogP contribution in [0.1, 0.15) is 16.8 Å². The number of rotatable bonds is 2. The van der Waals surface area contributed by atoms with E-state index in [2.05, 4.69) is 4.74 Å². The Morgan fingerprint density at radius 3 is 2.78 bits per heavy atom. The van der Waals surface area contributed by atoms with Crippen LogP contribution in [-0.4, -0.2) is 31.2 Å². The molecule has 0 fully saturated rings. The highest BCUT2D eigenvalue weighted by Gasteiger charge is 2.25. The number of methoxy groups -OCH3 is 1. The van der Waals surface area contributed by atoms with Gasteiger partial charge in [0.15, 0.2) is 11.5 Å². The smallest absolute Gasteiger partial charge is 0.342 e. The van der Waals surface area contributed by atoms with Crippen LogP contribution in [0.25, 0.3) is 0 Å². The highest BCUT2D eigenvalue weighted by molar-refractivity contribution is 5.94. The summed E-state index contributed by atoms with van der Waals surface area (Å²) in [6, 6.07) is 2.37. The van der Waals surface area contributed by atoms with Crippen molar-refractivity contribution in [3.8, 4) is 11.5 Å². The second kappa shape index (κ2) is 4.91. The number of fused-ring (bicyclic) bond motifs is 1. The third kappa shape index (κ3) is 2.20. The Morgan fingerprint density at radius 1 is 1.39 bits per heavy atom. The molecule has 0 aromatic heterocycles. The maximum absolute atomic E-state index is 11.6. The summed E-state index contributed by atoms with van der Waals surface area (Å²) in [7, 11) is 1.20. The molecule has 0 unspecified atom stereocenters. The van der Waals surface area contributed by atoms with E-state index < -0.39 is 10.9 Å². The number of carbonyl (C=O) groups excluding carboxylic acids is 1. The molecule has 96 valence electrons. The predicted molar refractivity (Wildman–Crippen MR) is 60.0 cm³/mol. The van der Waals surface area contributed by atoms with Crippen molar-refractivity contribution in [2.45, 2.75) is 6.42 Å². The number of ether oxygens (including phenoxy) is 3. The van der Waals surface area contributed by atoms with Gasteiger partial charge in [0.05, 0.1) is 31.3 Å². The first-order valence-corrected chi connectivity index (χ1v) is 5.30. The number of hydrogen-bond donors (Lipinski definition) is 0. The zero-order chi connectivity index (χ0) is 13.1. The first kappa shape index (κ1) is 12.2. The van der Waals surface area contributed by atoms with E-state index in [1.54, 1.807) is 0 Å². The number of hydrogen-bond acceptors (Lipinski definition) is 6. The molecule has 0 saturated carbocycles. The molecule has 0 aliphatic carbocycles. The Hall–Kier alpha value is -2.31. The van der Waals surface area contributed by atoms with Crippen LogP contribution in [0.15, 0.2) is 12.1 Å². The fourth-order valence-electron chi connectivity index (χ4n) is 1.63. The van der Waals surface area contributed by atoms with Crippen LogP contribution in [0.4, 0.5) is 5.69 Å². The van der Waals surface area contributed by atoms with Gasteiger partial charge in [-0.25, -0.2) is 4.79 Å². The van der Waals surface area contributed by atoms with Gasteiger partial charge in [0, 0.05) is 12.5 Å². The number of nitro benzene ring substituents is 1. The minimum atomic E-state index is -0.694. The molecule has 0 atom stereocenters. The molecule has 1 aromatic rings. The summed E-state index contributed by atoms with van der Waals surface area (Å²) < 4.78 is 15.3. The lowest BCUT2D eigenvalue weighted by atomic mass is 10.1. The Kier molecular flexibility index (Phi) is 3.31. The number of non-ortho nitro benzene ring substituents is 1. The van der Waals surface area contributed by atoms with Gasteiger partial charge in [-0.15, -0.1) is 0 Å². The van der Waals surface area contributed by atoms with E-state index in [9.17, 15) is 14.9 Å². The number of benzene rings is 1. The molecule has 1 aliphatic rings. The van der Waals surface area contributed by atoms with Gasteiger partial charge in [-0.3, -0.25) is 10.1 Å². The quantitative estimate of drug-likeness (QED) is 0.451. The van der Waals surface area contributed by atoms with Gasteiger partial charge in [-0.1, -0.05) is 0 Å². The number of esters is 1. The molecule has 0 bridgehead atoms. The third-order valence-corrected chi connectivity index (χ3v) is 2.45. The van der Waals surface area contributed by atoms with Gasteiger partial charge >= 0.3 is 5.97 Å². The topological polar surface area (TPSA) is 87.9 Å². The van der Waals surface area contributed by atoms with Crippen LogP contribution < -0.4 is 9.47 Å². The molecule has 1 aliphatic heterocycles. The van der Waals surface area contributed by atoms with Crippen molar-refractivity contribution < 1.29 is 23.9 Å². The Balaban J connectivity index is 2.57. The summed E-state index contributed by atoms with van der Waals surface area (Å²) in [5, 5.41) is 10.8. The van der Waals surface area contributed by atoms with Crippen molar-refractivity contribution in [3.63, 3.8) is 0 Å². The van der Waals surface area contributed by atoms with E-state index in [1.807, 2.05) is 0 Å². The van der Waals surface area contributed by atoms with Crippen molar-refractivity contribution in [3.05, 3.63) is 27.8 Å². The standard InChI is InChI=1S/C11H11NO6/c1-16-11(13)8-5-7(12(14)15)6-9-10(8)18-4-2-3-17-9/h5-6H,2-4H2,1H3. The van der Waals surface area contributed by atoms with E-state index in [1.165, 1.54) is 13.2 Å². The molecule has 1 aromatic carbocycles. The van der Waals surface area contributed by atoms with E-state index in [0.717, 1.165) is 6.07 Å². The largest absolute Gasteiger partial charge is 0.489 e. The summed E-state index contributed by atoms with van der Waals surface area (Å²) in [5.74, 6) is -0.299. The second-order valence-electron chi connectivity index (χ2n) is 3.62. The van der Waals surface area contributed by atoms with Crippen molar-refractivity contribution in [2.24, 2.45) is 0 Å². The van der Waals surface area contributed by atoms with E-state index in [4.69, 9.17) is 9.47 Å². The molecule has 0 N–H and O–H groups in total. The predicted octanol–water partition coefficient (Wildman–Crippen LogP) is 1.54.